The van der Waals surface area contributed by atoms with Gasteiger partial charge in [0.15, 0.2) is 6.29 Å². The molecule has 1 saturated heterocycles. The van der Waals surface area contributed by atoms with Gasteiger partial charge >= 0.3 is 8.80 Å². The highest BCUT2D eigenvalue weighted by Crippen LogP contribution is 2.20. The van der Waals surface area contributed by atoms with Crippen molar-refractivity contribution in [3.05, 3.63) is 29.8 Å². The summed E-state index contributed by atoms with van der Waals surface area (Å²) in [6, 6.07) is 9.19. The molecule has 1 aromatic rings. The second-order valence-electron chi connectivity index (χ2n) is 6.88. The zero-order valence-electron chi connectivity index (χ0n) is 14.6. The summed E-state index contributed by atoms with van der Waals surface area (Å²) in [6.45, 7) is 11.1. The molecular weight excluding hydrogens is 288 g/mol. The number of hydrogen-bond donors (Lipinski definition) is 0. The fraction of sp³-hybridized carbons (Fsp3) is 0.684. The summed E-state index contributed by atoms with van der Waals surface area (Å²) < 4.78 is 11.5. The molecule has 0 bridgehead atoms. The van der Waals surface area contributed by atoms with Crippen molar-refractivity contribution in [2.24, 2.45) is 0 Å². The third kappa shape index (κ3) is 5.22. The molecule has 0 radical (unpaired) electrons. The van der Waals surface area contributed by atoms with E-state index in [1.807, 2.05) is 0 Å². The van der Waals surface area contributed by atoms with E-state index in [1.54, 1.807) is 5.19 Å². The topological polar surface area (TPSA) is 18.5 Å². The van der Waals surface area contributed by atoms with Crippen LogP contribution in [0.25, 0.3) is 0 Å². The average molecular weight is 320 g/mol. The molecule has 22 heavy (non-hydrogen) atoms. The second-order valence-corrected chi connectivity index (χ2v) is 10.7. The molecule has 0 spiro atoms. The van der Waals surface area contributed by atoms with E-state index in [4.69, 9.17) is 9.47 Å². The standard InChI is InChI=1S/C19H31O2Si/c1-15(2)22(16(3)4)18-9-7-8-17(14-18)11-13-21-19-10-5-6-12-20-19/h7-9,14-16,19H,5-6,10-13H2,1-4H3/q+1. The Balaban J connectivity index is 1.90. The van der Waals surface area contributed by atoms with E-state index in [-0.39, 0.29) is 6.29 Å². The SMILES string of the molecule is CC(C)[Si+](c1cccc(CCOC2CCCCO2)c1)C(C)C. The van der Waals surface area contributed by atoms with Gasteiger partial charge in [-0.25, -0.2) is 0 Å². The van der Waals surface area contributed by atoms with Gasteiger partial charge in [-0.15, -0.1) is 0 Å². The number of hydrogen-bond acceptors (Lipinski definition) is 2. The maximum Gasteiger partial charge on any atom is 0.357 e. The van der Waals surface area contributed by atoms with Gasteiger partial charge in [0.2, 0.25) is 0 Å². The largest absolute Gasteiger partial charge is 0.357 e. The van der Waals surface area contributed by atoms with Crippen molar-refractivity contribution in [2.75, 3.05) is 13.2 Å². The molecule has 0 amide bonds. The highest BCUT2D eigenvalue weighted by atomic mass is 28.3. The molecule has 0 aliphatic carbocycles. The molecule has 1 fully saturated rings. The summed E-state index contributed by atoms with van der Waals surface area (Å²) in [4.78, 5) is 0. The first-order chi connectivity index (χ1) is 10.6. The molecule has 1 atom stereocenters. The van der Waals surface area contributed by atoms with Crippen LogP contribution in [0.3, 0.4) is 0 Å². The molecular formula is C19H31O2Si+. The first kappa shape index (κ1) is 17.7. The van der Waals surface area contributed by atoms with Crippen molar-refractivity contribution >= 4 is 14.0 Å². The van der Waals surface area contributed by atoms with Crippen LogP contribution in [0.4, 0.5) is 0 Å². The van der Waals surface area contributed by atoms with Crippen LogP contribution in [0.2, 0.25) is 11.1 Å². The van der Waals surface area contributed by atoms with Gasteiger partial charge in [-0.2, -0.15) is 0 Å². The van der Waals surface area contributed by atoms with Gasteiger partial charge in [0.05, 0.1) is 22.9 Å². The molecule has 1 unspecified atom stereocenters. The smallest absolute Gasteiger partial charge is 0.353 e. The van der Waals surface area contributed by atoms with Gasteiger partial charge in [0.1, 0.15) is 0 Å². The minimum atomic E-state index is -0.488. The van der Waals surface area contributed by atoms with E-state index in [0.717, 1.165) is 37.1 Å². The van der Waals surface area contributed by atoms with Gasteiger partial charge < -0.3 is 9.47 Å². The summed E-state index contributed by atoms with van der Waals surface area (Å²) >= 11 is 0. The molecule has 1 aliphatic heterocycles. The number of rotatable bonds is 7. The van der Waals surface area contributed by atoms with Crippen molar-refractivity contribution < 1.29 is 9.47 Å². The Morgan fingerprint density at radius 1 is 1.18 bits per heavy atom. The Morgan fingerprint density at radius 3 is 2.59 bits per heavy atom. The predicted octanol–water partition coefficient (Wildman–Crippen LogP) is 4.29. The number of ether oxygens (including phenoxy) is 2. The lowest BCUT2D eigenvalue weighted by atomic mass is 10.1. The van der Waals surface area contributed by atoms with Crippen LogP contribution >= 0.6 is 0 Å². The van der Waals surface area contributed by atoms with Crippen LogP contribution in [0, 0.1) is 0 Å². The lowest BCUT2D eigenvalue weighted by Crippen LogP contribution is -2.36. The first-order valence-corrected chi connectivity index (χ1v) is 10.4. The van der Waals surface area contributed by atoms with E-state index in [2.05, 4.69) is 52.0 Å². The second kappa shape index (κ2) is 8.85. The van der Waals surface area contributed by atoms with Crippen molar-refractivity contribution in [3.63, 3.8) is 0 Å². The van der Waals surface area contributed by atoms with Gasteiger partial charge in [0.25, 0.3) is 0 Å². The van der Waals surface area contributed by atoms with E-state index in [9.17, 15) is 0 Å². The zero-order valence-corrected chi connectivity index (χ0v) is 15.6. The van der Waals surface area contributed by atoms with E-state index >= 15 is 0 Å². The van der Waals surface area contributed by atoms with Crippen molar-refractivity contribution in [3.8, 4) is 0 Å². The van der Waals surface area contributed by atoms with Gasteiger partial charge in [-0.3, -0.25) is 0 Å². The third-order valence-corrected chi connectivity index (χ3v) is 7.80. The lowest BCUT2D eigenvalue weighted by Gasteiger charge is -2.22. The zero-order chi connectivity index (χ0) is 15.9. The normalized spacial score (nSPS) is 18.9. The Kier molecular flexibility index (Phi) is 7.12. The maximum absolute atomic E-state index is 5.87. The first-order valence-electron chi connectivity index (χ1n) is 8.77. The van der Waals surface area contributed by atoms with Crippen LogP contribution in [0.15, 0.2) is 24.3 Å². The van der Waals surface area contributed by atoms with Gasteiger partial charge in [-0.05, 0) is 71.1 Å². The molecule has 2 rings (SSSR count). The van der Waals surface area contributed by atoms with E-state index < -0.39 is 8.80 Å². The summed E-state index contributed by atoms with van der Waals surface area (Å²) in [5.74, 6) is 0. The summed E-state index contributed by atoms with van der Waals surface area (Å²) in [5.41, 5.74) is 2.94. The third-order valence-electron chi connectivity index (χ3n) is 4.34. The fourth-order valence-electron chi connectivity index (χ4n) is 3.39. The van der Waals surface area contributed by atoms with Crippen LogP contribution in [0.5, 0.6) is 0 Å². The quantitative estimate of drug-likeness (QED) is 0.698. The minimum absolute atomic E-state index is 0.0304. The van der Waals surface area contributed by atoms with Crippen molar-refractivity contribution in [2.45, 2.75) is 70.8 Å². The molecule has 1 aliphatic rings. The van der Waals surface area contributed by atoms with Gasteiger partial charge in [-0.1, -0.05) is 12.1 Å². The molecule has 0 saturated carbocycles. The predicted molar refractivity (Wildman–Crippen MR) is 95.3 cm³/mol. The van der Waals surface area contributed by atoms with Crippen LogP contribution in [-0.4, -0.2) is 28.3 Å². The van der Waals surface area contributed by atoms with Crippen LogP contribution in [-0.2, 0) is 15.9 Å². The minimum Gasteiger partial charge on any atom is -0.353 e. The maximum atomic E-state index is 5.87. The highest BCUT2D eigenvalue weighted by Gasteiger charge is 2.37. The molecule has 0 N–H and O–H groups in total. The molecule has 2 nitrogen and oxygen atoms in total. The molecule has 0 aromatic heterocycles. The van der Waals surface area contributed by atoms with E-state index in [0.29, 0.717) is 0 Å². The Morgan fingerprint density at radius 2 is 1.95 bits per heavy atom. The molecule has 3 heteroatoms. The van der Waals surface area contributed by atoms with Gasteiger partial charge in [0, 0.05) is 6.61 Å². The summed E-state index contributed by atoms with van der Waals surface area (Å²) in [6.07, 6.45) is 4.47. The molecule has 1 aromatic carbocycles. The van der Waals surface area contributed by atoms with Crippen LogP contribution in [0.1, 0.15) is 52.5 Å². The average Bonchev–Trinajstić information content (AvgIpc) is 2.48. The van der Waals surface area contributed by atoms with E-state index in [1.165, 1.54) is 18.4 Å². The fourth-order valence-corrected chi connectivity index (χ4v) is 6.70. The Hall–Kier alpha value is -0.643. The monoisotopic (exact) mass is 319 g/mol. The molecule has 122 valence electrons. The van der Waals surface area contributed by atoms with Crippen molar-refractivity contribution in [1.29, 1.82) is 0 Å². The Labute approximate surface area is 137 Å². The summed E-state index contributed by atoms with van der Waals surface area (Å²) in [7, 11) is -0.488. The lowest BCUT2D eigenvalue weighted by molar-refractivity contribution is -0.161. The Bertz CT molecular complexity index is 431. The van der Waals surface area contributed by atoms with Crippen LogP contribution < -0.4 is 5.19 Å². The highest BCUT2D eigenvalue weighted by molar-refractivity contribution is 6.75. The summed E-state index contributed by atoms with van der Waals surface area (Å²) in [5, 5.41) is 1.57. The van der Waals surface area contributed by atoms with Crippen molar-refractivity contribution in [1.82, 2.24) is 0 Å². The molecule has 1 heterocycles. The number of benzene rings is 1.